The lowest BCUT2D eigenvalue weighted by Crippen LogP contribution is -2.64. The van der Waals surface area contributed by atoms with E-state index in [1.165, 1.54) is 38.8 Å². The van der Waals surface area contributed by atoms with Crippen LogP contribution in [0.2, 0.25) is 0 Å². The van der Waals surface area contributed by atoms with E-state index in [9.17, 15) is 0 Å². The van der Waals surface area contributed by atoms with Gasteiger partial charge in [0.15, 0.2) is 0 Å². The van der Waals surface area contributed by atoms with Crippen LogP contribution in [-0.4, -0.2) is 35.6 Å². The highest BCUT2D eigenvalue weighted by Crippen LogP contribution is 2.30. The van der Waals surface area contributed by atoms with Crippen molar-refractivity contribution in [3.05, 3.63) is 0 Å². The molecule has 0 spiro atoms. The number of rotatable bonds is 2. The van der Waals surface area contributed by atoms with E-state index in [1.807, 2.05) is 0 Å². The van der Waals surface area contributed by atoms with Gasteiger partial charge in [0, 0.05) is 30.7 Å². The van der Waals surface area contributed by atoms with Gasteiger partial charge in [0.1, 0.15) is 0 Å². The first-order valence-corrected chi connectivity index (χ1v) is 6.15. The van der Waals surface area contributed by atoms with Crippen molar-refractivity contribution in [3.8, 4) is 0 Å². The fourth-order valence-corrected chi connectivity index (χ4v) is 2.57. The summed E-state index contributed by atoms with van der Waals surface area (Å²) in [5, 5.41) is 3.69. The van der Waals surface area contributed by atoms with Gasteiger partial charge in [-0.25, -0.2) is 0 Å². The summed E-state index contributed by atoms with van der Waals surface area (Å²) in [6.45, 7) is 9.43. The maximum atomic E-state index is 3.69. The minimum absolute atomic E-state index is 0.363. The predicted molar refractivity (Wildman–Crippen MR) is 60.5 cm³/mol. The van der Waals surface area contributed by atoms with E-state index in [2.05, 4.69) is 31.0 Å². The summed E-state index contributed by atoms with van der Waals surface area (Å²) in [6, 6.07) is 1.64. The second kappa shape index (κ2) is 3.82. The average Bonchev–Trinajstić information content (AvgIpc) is 2.09. The van der Waals surface area contributed by atoms with Crippen LogP contribution >= 0.6 is 0 Å². The Morgan fingerprint density at radius 3 is 2.64 bits per heavy atom. The van der Waals surface area contributed by atoms with Crippen molar-refractivity contribution in [2.45, 2.75) is 64.1 Å². The zero-order valence-electron chi connectivity index (χ0n) is 9.84. The van der Waals surface area contributed by atoms with Gasteiger partial charge in [-0.3, -0.25) is 4.90 Å². The van der Waals surface area contributed by atoms with Crippen LogP contribution < -0.4 is 5.32 Å². The van der Waals surface area contributed by atoms with Crippen LogP contribution in [0.5, 0.6) is 0 Å². The van der Waals surface area contributed by atoms with Gasteiger partial charge in [-0.2, -0.15) is 0 Å². The van der Waals surface area contributed by atoms with E-state index in [1.54, 1.807) is 0 Å². The second-order valence-corrected chi connectivity index (χ2v) is 5.40. The minimum atomic E-state index is 0.363. The predicted octanol–water partition coefficient (Wildman–Crippen LogP) is 2.00. The fourth-order valence-electron chi connectivity index (χ4n) is 2.57. The Balaban J connectivity index is 1.99. The van der Waals surface area contributed by atoms with Crippen LogP contribution in [-0.2, 0) is 0 Å². The molecule has 14 heavy (non-hydrogen) atoms. The lowest BCUT2D eigenvalue weighted by molar-refractivity contribution is 0.0220. The zero-order valence-corrected chi connectivity index (χ0v) is 9.84. The second-order valence-electron chi connectivity index (χ2n) is 5.40. The van der Waals surface area contributed by atoms with E-state index in [-0.39, 0.29) is 0 Å². The zero-order chi connectivity index (χ0) is 10.2. The highest BCUT2D eigenvalue weighted by atomic mass is 15.3. The molecule has 1 saturated heterocycles. The summed E-state index contributed by atoms with van der Waals surface area (Å²) >= 11 is 0. The van der Waals surface area contributed by atoms with Crippen LogP contribution in [0.3, 0.4) is 0 Å². The molecular formula is C12H24N2. The van der Waals surface area contributed by atoms with Crippen LogP contribution in [0, 0.1) is 0 Å². The molecule has 1 saturated carbocycles. The van der Waals surface area contributed by atoms with Gasteiger partial charge in [-0.15, -0.1) is 0 Å². The Hall–Kier alpha value is -0.0800. The molecule has 1 heterocycles. The third kappa shape index (κ3) is 1.82. The van der Waals surface area contributed by atoms with Crippen molar-refractivity contribution in [2.75, 3.05) is 13.1 Å². The van der Waals surface area contributed by atoms with Crippen molar-refractivity contribution in [3.63, 3.8) is 0 Å². The summed E-state index contributed by atoms with van der Waals surface area (Å²) in [5.41, 5.74) is 0.363. The van der Waals surface area contributed by atoms with Crippen molar-refractivity contribution >= 4 is 0 Å². The summed E-state index contributed by atoms with van der Waals surface area (Å²) < 4.78 is 0. The van der Waals surface area contributed by atoms with Gasteiger partial charge in [-0.1, -0.05) is 13.3 Å². The topological polar surface area (TPSA) is 15.3 Å². The normalized spacial score (nSPS) is 40.9. The van der Waals surface area contributed by atoms with Gasteiger partial charge in [0.05, 0.1) is 0 Å². The lowest BCUT2D eigenvalue weighted by Gasteiger charge is -2.50. The first kappa shape index (κ1) is 10.4. The highest BCUT2D eigenvalue weighted by molar-refractivity contribution is 4.97. The number of hydrogen-bond acceptors (Lipinski definition) is 2. The molecule has 0 bridgehead atoms. The van der Waals surface area contributed by atoms with Crippen molar-refractivity contribution < 1.29 is 0 Å². The molecule has 2 unspecified atom stereocenters. The molecule has 2 aliphatic rings. The molecule has 2 fully saturated rings. The molecule has 1 aliphatic heterocycles. The molecule has 2 nitrogen and oxygen atoms in total. The first-order chi connectivity index (χ1) is 6.64. The molecule has 0 aromatic heterocycles. The molecule has 1 aliphatic carbocycles. The lowest BCUT2D eigenvalue weighted by atomic mass is 9.86. The molecule has 2 rings (SSSR count). The van der Waals surface area contributed by atoms with Crippen molar-refractivity contribution in [2.24, 2.45) is 0 Å². The minimum Gasteiger partial charge on any atom is -0.309 e. The SMILES string of the molecule is CCC1(C)CN(C2CCC2)C(C)CN1. The summed E-state index contributed by atoms with van der Waals surface area (Å²) in [4.78, 5) is 2.74. The van der Waals surface area contributed by atoms with Gasteiger partial charge >= 0.3 is 0 Å². The average molecular weight is 196 g/mol. The number of piperazine rings is 1. The summed E-state index contributed by atoms with van der Waals surface area (Å²) in [6.07, 6.45) is 5.56. The largest absolute Gasteiger partial charge is 0.309 e. The van der Waals surface area contributed by atoms with Crippen molar-refractivity contribution in [1.29, 1.82) is 0 Å². The molecule has 0 aromatic rings. The smallest absolute Gasteiger partial charge is 0.0278 e. The third-order valence-corrected chi connectivity index (χ3v) is 4.25. The number of nitrogens with one attached hydrogen (secondary N) is 1. The molecule has 0 aromatic carbocycles. The quantitative estimate of drug-likeness (QED) is 0.726. The Morgan fingerprint density at radius 2 is 2.14 bits per heavy atom. The van der Waals surface area contributed by atoms with Gasteiger partial charge in [0.2, 0.25) is 0 Å². The van der Waals surface area contributed by atoms with Gasteiger partial charge in [-0.05, 0) is 33.1 Å². The molecule has 0 radical (unpaired) electrons. The van der Waals surface area contributed by atoms with E-state index >= 15 is 0 Å². The van der Waals surface area contributed by atoms with Crippen LogP contribution in [0.15, 0.2) is 0 Å². The number of hydrogen-bond donors (Lipinski definition) is 1. The van der Waals surface area contributed by atoms with Gasteiger partial charge in [0.25, 0.3) is 0 Å². The van der Waals surface area contributed by atoms with E-state index in [4.69, 9.17) is 0 Å². The van der Waals surface area contributed by atoms with E-state index < -0.39 is 0 Å². The van der Waals surface area contributed by atoms with Crippen molar-refractivity contribution in [1.82, 2.24) is 10.2 Å². The van der Waals surface area contributed by atoms with Crippen LogP contribution in [0.1, 0.15) is 46.5 Å². The van der Waals surface area contributed by atoms with E-state index in [0.29, 0.717) is 5.54 Å². The maximum absolute atomic E-state index is 3.69. The highest BCUT2D eigenvalue weighted by Gasteiger charge is 2.37. The third-order valence-electron chi connectivity index (χ3n) is 4.25. The summed E-state index contributed by atoms with van der Waals surface area (Å²) in [7, 11) is 0. The molecule has 82 valence electrons. The molecule has 2 atom stereocenters. The standard InChI is InChI=1S/C12H24N2/c1-4-12(3)9-14(10(2)8-13-12)11-6-5-7-11/h10-11,13H,4-9H2,1-3H3. The van der Waals surface area contributed by atoms with E-state index in [0.717, 1.165) is 12.1 Å². The first-order valence-electron chi connectivity index (χ1n) is 6.15. The Labute approximate surface area is 88.1 Å². The monoisotopic (exact) mass is 196 g/mol. The Kier molecular flexibility index (Phi) is 2.85. The maximum Gasteiger partial charge on any atom is 0.0278 e. The van der Waals surface area contributed by atoms with Gasteiger partial charge < -0.3 is 5.32 Å². The Morgan fingerprint density at radius 1 is 1.43 bits per heavy atom. The van der Waals surface area contributed by atoms with Crippen LogP contribution in [0.4, 0.5) is 0 Å². The Bertz CT molecular complexity index is 198. The molecule has 0 amide bonds. The molecule has 2 heteroatoms. The molecular weight excluding hydrogens is 172 g/mol. The molecule has 1 N–H and O–H groups in total. The van der Waals surface area contributed by atoms with Crippen LogP contribution in [0.25, 0.3) is 0 Å². The number of nitrogens with zero attached hydrogens (tertiary/aromatic N) is 1. The fraction of sp³-hybridized carbons (Fsp3) is 1.00. The summed E-state index contributed by atoms with van der Waals surface area (Å²) in [5.74, 6) is 0.